The number of rotatable bonds is 4. The van der Waals surface area contributed by atoms with Gasteiger partial charge in [0.05, 0.1) is 12.0 Å². The Hall–Kier alpha value is -2.28. The van der Waals surface area contributed by atoms with Gasteiger partial charge in [-0.25, -0.2) is 4.98 Å². The number of anilines is 1. The summed E-state index contributed by atoms with van der Waals surface area (Å²) < 4.78 is 0. The van der Waals surface area contributed by atoms with Crippen LogP contribution < -0.4 is 10.6 Å². The zero-order valence-electron chi connectivity index (χ0n) is 15.3. The molecule has 7 nitrogen and oxygen atoms in total. The van der Waals surface area contributed by atoms with Crippen LogP contribution in [0.4, 0.5) is 5.82 Å². The number of aryl methyl sites for hydroxylation is 1. The maximum absolute atomic E-state index is 12.8. The maximum Gasteiger partial charge on any atom is 0.239 e. The molecule has 0 spiro atoms. The number of aromatic nitrogens is 1. The second-order valence-corrected chi connectivity index (χ2v) is 7.29. The van der Waals surface area contributed by atoms with Crippen LogP contribution in [-0.4, -0.2) is 53.2 Å². The first-order chi connectivity index (χ1) is 12.5. The summed E-state index contributed by atoms with van der Waals surface area (Å²) in [6.07, 6.45) is 3.76. The minimum absolute atomic E-state index is 0.000247. The van der Waals surface area contributed by atoms with Crippen molar-refractivity contribution in [3.8, 4) is 0 Å². The lowest BCUT2D eigenvalue weighted by Gasteiger charge is -2.33. The molecule has 3 unspecified atom stereocenters. The van der Waals surface area contributed by atoms with Gasteiger partial charge in [-0.3, -0.25) is 14.4 Å². The van der Waals surface area contributed by atoms with E-state index in [9.17, 15) is 14.4 Å². The topological polar surface area (TPSA) is 91.4 Å². The van der Waals surface area contributed by atoms with Crippen LogP contribution in [0.2, 0.25) is 0 Å². The first-order valence-electron chi connectivity index (χ1n) is 9.21. The molecule has 2 fully saturated rings. The number of nitrogens with zero attached hydrogens (tertiary/aromatic N) is 2. The zero-order valence-corrected chi connectivity index (χ0v) is 15.3. The number of hydrogen-bond donors (Lipinski definition) is 2. The molecule has 3 atom stereocenters. The molecule has 2 amide bonds. The van der Waals surface area contributed by atoms with Crippen molar-refractivity contribution in [3.63, 3.8) is 0 Å². The van der Waals surface area contributed by atoms with Crippen LogP contribution in [0.15, 0.2) is 18.3 Å². The molecule has 0 aliphatic carbocycles. The number of pyridine rings is 1. The van der Waals surface area contributed by atoms with Gasteiger partial charge in [-0.05, 0) is 44.7 Å². The van der Waals surface area contributed by atoms with E-state index in [0.717, 1.165) is 18.4 Å². The van der Waals surface area contributed by atoms with Crippen LogP contribution >= 0.6 is 0 Å². The third kappa shape index (κ3) is 4.09. The van der Waals surface area contributed by atoms with Gasteiger partial charge in [-0.15, -0.1) is 0 Å². The summed E-state index contributed by atoms with van der Waals surface area (Å²) in [5.74, 6) is 0.279. The number of likely N-dealkylation sites (tertiary alicyclic amines) is 1. The number of piperidine rings is 1. The van der Waals surface area contributed by atoms with Gasteiger partial charge in [0.2, 0.25) is 11.8 Å². The monoisotopic (exact) mass is 358 g/mol. The standard InChI is InChI=1S/C19H26N4O3/c1-12-5-3-7-20-17(12)22-18(25)14-6-4-8-23(11-14)19(26)16-9-15(10-21-16)13(2)24/h3,5,7,14-16,21H,4,6,8-11H2,1-2H3,(H,20,22,25). The number of Topliss-reactive ketones (excluding diaryl/α,β-unsaturated/α-hetero) is 1. The molecule has 2 saturated heterocycles. The van der Waals surface area contributed by atoms with Gasteiger partial charge in [0.1, 0.15) is 11.6 Å². The molecule has 3 rings (SSSR count). The molecule has 7 heteroatoms. The van der Waals surface area contributed by atoms with Gasteiger partial charge < -0.3 is 15.5 Å². The Morgan fingerprint density at radius 1 is 1.31 bits per heavy atom. The van der Waals surface area contributed by atoms with Crippen LogP contribution in [0.3, 0.4) is 0 Å². The van der Waals surface area contributed by atoms with Gasteiger partial charge in [0.15, 0.2) is 0 Å². The smallest absolute Gasteiger partial charge is 0.239 e. The van der Waals surface area contributed by atoms with Crippen molar-refractivity contribution in [3.05, 3.63) is 23.9 Å². The summed E-state index contributed by atoms with van der Waals surface area (Å²) >= 11 is 0. The Bertz CT molecular complexity index is 706. The molecule has 0 bridgehead atoms. The third-order valence-corrected chi connectivity index (χ3v) is 5.36. The minimum atomic E-state index is -0.316. The Labute approximate surface area is 153 Å². The van der Waals surface area contributed by atoms with Crippen LogP contribution in [-0.2, 0) is 14.4 Å². The molecule has 0 saturated carbocycles. The molecular weight excluding hydrogens is 332 g/mol. The van der Waals surface area contributed by atoms with Crippen LogP contribution in [0, 0.1) is 18.8 Å². The highest BCUT2D eigenvalue weighted by molar-refractivity contribution is 5.93. The van der Waals surface area contributed by atoms with Crippen molar-refractivity contribution in [2.75, 3.05) is 25.0 Å². The molecule has 140 valence electrons. The van der Waals surface area contributed by atoms with Crippen LogP contribution in [0.1, 0.15) is 31.7 Å². The number of carbonyl (C=O) groups excluding carboxylic acids is 3. The van der Waals surface area contributed by atoms with Crippen molar-refractivity contribution >= 4 is 23.4 Å². The highest BCUT2D eigenvalue weighted by Gasteiger charge is 2.36. The molecule has 0 radical (unpaired) electrons. The lowest BCUT2D eigenvalue weighted by atomic mass is 9.95. The predicted octanol–water partition coefficient (Wildman–Crippen LogP) is 1.13. The maximum atomic E-state index is 12.8. The molecule has 26 heavy (non-hydrogen) atoms. The highest BCUT2D eigenvalue weighted by Crippen LogP contribution is 2.23. The van der Waals surface area contributed by atoms with Crippen molar-refractivity contribution in [1.82, 2.24) is 15.2 Å². The minimum Gasteiger partial charge on any atom is -0.341 e. The van der Waals surface area contributed by atoms with E-state index in [-0.39, 0.29) is 35.5 Å². The Kier molecular flexibility index (Phi) is 5.66. The zero-order chi connectivity index (χ0) is 18.7. The first kappa shape index (κ1) is 18.5. The van der Waals surface area contributed by atoms with E-state index in [1.165, 1.54) is 0 Å². The molecular formula is C19H26N4O3. The Morgan fingerprint density at radius 3 is 2.81 bits per heavy atom. The fraction of sp³-hybridized carbons (Fsp3) is 0.579. The Morgan fingerprint density at radius 2 is 2.12 bits per heavy atom. The van der Waals surface area contributed by atoms with Gasteiger partial charge in [0, 0.05) is 31.7 Å². The van der Waals surface area contributed by atoms with Gasteiger partial charge in [-0.1, -0.05) is 6.07 Å². The summed E-state index contributed by atoms with van der Waals surface area (Å²) in [4.78, 5) is 42.8. The van der Waals surface area contributed by atoms with Crippen LogP contribution in [0.25, 0.3) is 0 Å². The van der Waals surface area contributed by atoms with E-state index in [1.807, 2.05) is 19.1 Å². The van der Waals surface area contributed by atoms with E-state index in [4.69, 9.17) is 0 Å². The van der Waals surface area contributed by atoms with Crippen molar-refractivity contribution in [2.45, 2.75) is 39.2 Å². The summed E-state index contributed by atoms with van der Waals surface area (Å²) in [5, 5.41) is 6.04. The molecule has 2 aliphatic rings. The molecule has 1 aromatic heterocycles. The molecule has 2 aliphatic heterocycles. The predicted molar refractivity (Wildman–Crippen MR) is 97.5 cm³/mol. The van der Waals surface area contributed by atoms with Crippen molar-refractivity contribution < 1.29 is 14.4 Å². The first-order valence-corrected chi connectivity index (χ1v) is 9.21. The SMILES string of the molecule is CC(=O)C1CNC(C(=O)N2CCCC(C(=O)Nc3ncccc3C)C2)C1. The fourth-order valence-electron chi connectivity index (χ4n) is 3.68. The highest BCUT2D eigenvalue weighted by atomic mass is 16.2. The lowest BCUT2D eigenvalue weighted by Crippen LogP contribution is -2.49. The molecule has 0 aromatic carbocycles. The summed E-state index contributed by atoms with van der Waals surface area (Å²) in [7, 11) is 0. The van der Waals surface area contributed by atoms with E-state index in [0.29, 0.717) is 31.9 Å². The third-order valence-electron chi connectivity index (χ3n) is 5.36. The number of nitrogens with one attached hydrogen (secondary N) is 2. The lowest BCUT2D eigenvalue weighted by molar-refractivity contribution is -0.136. The van der Waals surface area contributed by atoms with Gasteiger partial charge in [0.25, 0.3) is 0 Å². The molecule has 1 aromatic rings. The molecule has 2 N–H and O–H groups in total. The quantitative estimate of drug-likeness (QED) is 0.842. The van der Waals surface area contributed by atoms with E-state index < -0.39 is 0 Å². The number of hydrogen-bond acceptors (Lipinski definition) is 5. The summed E-state index contributed by atoms with van der Waals surface area (Å²) in [6, 6.07) is 3.41. The average Bonchev–Trinajstić information content (AvgIpc) is 3.13. The van der Waals surface area contributed by atoms with E-state index in [2.05, 4.69) is 15.6 Å². The van der Waals surface area contributed by atoms with Crippen molar-refractivity contribution in [2.24, 2.45) is 11.8 Å². The van der Waals surface area contributed by atoms with Gasteiger partial charge >= 0.3 is 0 Å². The van der Waals surface area contributed by atoms with E-state index >= 15 is 0 Å². The number of ketones is 1. The normalized spacial score (nSPS) is 25.8. The van der Waals surface area contributed by atoms with Crippen LogP contribution in [0.5, 0.6) is 0 Å². The number of amides is 2. The molecule has 3 heterocycles. The Balaban J connectivity index is 1.58. The van der Waals surface area contributed by atoms with Gasteiger partial charge in [-0.2, -0.15) is 0 Å². The van der Waals surface area contributed by atoms with E-state index in [1.54, 1.807) is 18.0 Å². The summed E-state index contributed by atoms with van der Waals surface area (Å²) in [6.45, 7) is 5.10. The fourth-order valence-corrected chi connectivity index (χ4v) is 3.68. The average molecular weight is 358 g/mol. The largest absolute Gasteiger partial charge is 0.341 e. The summed E-state index contributed by atoms with van der Waals surface area (Å²) in [5.41, 5.74) is 0.912. The van der Waals surface area contributed by atoms with Crippen molar-refractivity contribution in [1.29, 1.82) is 0 Å². The second-order valence-electron chi connectivity index (χ2n) is 7.29. The second kappa shape index (κ2) is 7.95. The number of carbonyl (C=O) groups is 3.